The lowest BCUT2D eigenvalue weighted by Crippen LogP contribution is -2.40. The molecule has 87 heavy (non-hydrogen) atoms. The highest BCUT2D eigenvalue weighted by molar-refractivity contribution is 7.15. The number of hydrogen-bond donors (Lipinski definition) is 8. The number of ether oxygens (including phenoxy) is 1. The first-order valence-electron chi connectivity index (χ1n) is 27.0. The molecular formula is C56H55N13O12S6. The first kappa shape index (κ1) is 61.9. The highest BCUT2D eigenvalue weighted by Gasteiger charge is 2.38. The number of rotatable bonds is 13. The minimum Gasteiger partial charge on any atom is -0.481 e. The summed E-state index contributed by atoms with van der Waals surface area (Å²) in [6.07, 6.45) is -0.952. The molecule has 8 N–H and O–H groups in total. The number of carbonyl (C=O) groups is 8. The predicted molar refractivity (Wildman–Crippen MR) is 325 cm³/mol. The van der Waals surface area contributed by atoms with E-state index in [2.05, 4.69) is 41.5 Å². The van der Waals surface area contributed by atoms with Crippen LogP contribution < -0.4 is 31.5 Å². The topological polar surface area (TPSA) is 360 Å². The van der Waals surface area contributed by atoms with Crippen LogP contribution in [0.2, 0.25) is 0 Å². The number of pyridine rings is 1. The molecule has 1 aromatic carbocycles. The van der Waals surface area contributed by atoms with Crippen molar-refractivity contribution in [3.63, 3.8) is 0 Å². The van der Waals surface area contributed by atoms with Crippen LogP contribution in [-0.4, -0.2) is 125 Å². The van der Waals surface area contributed by atoms with Crippen LogP contribution in [0.5, 0.6) is 0 Å². The lowest BCUT2D eigenvalue weighted by molar-refractivity contribution is -0.142. The fourth-order valence-electron chi connectivity index (χ4n) is 9.76. The number of aliphatic hydroxyl groups excluding tert-OH is 1. The summed E-state index contributed by atoms with van der Waals surface area (Å²) in [5, 5.41) is 54.0. The Morgan fingerprint density at radius 3 is 2.13 bits per heavy atom. The van der Waals surface area contributed by atoms with Gasteiger partial charge >= 0.3 is 11.9 Å². The Morgan fingerprint density at radius 1 is 0.701 bits per heavy atom. The van der Waals surface area contributed by atoms with Gasteiger partial charge < -0.3 is 46.6 Å². The van der Waals surface area contributed by atoms with E-state index >= 15 is 0 Å². The van der Waals surface area contributed by atoms with E-state index in [-0.39, 0.29) is 71.8 Å². The number of carboxylic acid groups (broad SMARTS) is 2. The van der Waals surface area contributed by atoms with Crippen molar-refractivity contribution in [3.05, 3.63) is 111 Å². The molecular weight excluding hydrogens is 1240 g/mol. The molecule has 1 aliphatic heterocycles. The summed E-state index contributed by atoms with van der Waals surface area (Å²) < 4.78 is 5.44. The van der Waals surface area contributed by atoms with Crippen LogP contribution in [0.4, 0.5) is 5.82 Å². The molecule has 6 atom stereocenters. The zero-order valence-corrected chi connectivity index (χ0v) is 51.8. The fourth-order valence-corrected chi connectivity index (χ4v) is 15.3. The van der Waals surface area contributed by atoms with Gasteiger partial charge in [0.05, 0.1) is 48.1 Å². The van der Waals surface area contributed by atoms with Crippen LogP contribution in [0.3, 0.4) is 0 Å². The summed E-state index contributed by atoms with van der Waals surface area (Å²) in [6.45, 7) is 4.15. The van der Waals surface area contributed by atoms with E-state index in [1.807, 2.05) is 13.8 Å². The number of aliphatic carboxylic acids is 2. The number of thiazole rings is 6. The van der Waals surface area contributed by atoms with E-state index in [1.54, 1.807) is 60.1 Å². The average Bonchev–Trinajstić information content (AvgIpc) is 4.47. The van der Waals surface area contributed by atoms with Gasteiger partial charge in [-0.05, 0) is 49.8 Å². The number of amides is 6. The van der Waals surface area contributed by atoms with Crippen LogP contribution in [0.25, 0.3) is 43.4 Å². The number of carboxylic acids is 2. The van der Waals surface area contributed by atoms with Crippen molar-refractivity contribution >= 4 is 121 Å². The highest BCUT2D eigenvalue weighted by Crippen LogP contribution is 2.41. The number of aromatic nitrogens is 7. The molecule has 6 amide bonds. The molecule has 1 fully saturated rings. The number of nitrogens with one attached hydrogen (secondary N) is 5. The summed E-state index contributed by atoms with van der Waals surface area (Å²) in [6, 6.07) is 9.13. The van der Waals surface area contributed by atoms with Crippen molar-refractivity contribution in [1.82, 2.24) is 61.5 Å². The van der Waals surface area contributed by atoms with E-state index in [4.69, 9.17) is 24.7 Å². The number of aryl methyl sites for hydroxylation is 1. The molecule has 1 aliphatic carbocycles. The molecule has 0 radical (unpaired) electrons. The maximum absolute atomic E-state index is 14.4. The number of fused-ring (bicyclic) bond motifs is 14. The molecule has 10 rings (SSSR count). The molecule has 2 aliphatic rings. The van der Waals surface area contributed by atoms with Gasteiger partial charge in [-0.25, -0.2) is 34.9 Å². The minimum absolute atomic E-state index is 0.0155. The minimum atomic E-state index is -1.31. The number of anilines is 1. The van der Waals surface area contributed by atoms with Crippen LogP contribution in [0.15, 0.2) is 64.0 Å². The van der Waals surface area contributed by atoms with Crippen LogP contribution in [0, 0.1) is 24.7 Å². The van der Waals surface area contributed by atoms with Crippen molar-refractivity contribution < 1.29 is 58.4 Å². The van der Waals surface area contributed by atoms with Gasteiger partial charge in [-0.3, -0.25) is 43.3 Å². The second kappa shape index (κ2) is 26.8. The maximum Gasteiger partial charge on any atom is 0.323 e. The smallest absolute Gasteiger partial charge is 0.323 e. The number of benzene rings is 1. The molecule has 0 spiro atoms. The lowest BCUT2D eigenvalue weighted by atomic mass is 10.0. The van der Waals surface area contributed by atoms with Gasteiger partial charge in [0.2, 0.25) is 17.7 Å². The maximum atomic E-state index is 14.4. The van der Waals surface area contributed by atoms with Gasteiger partial charge in [-0.15, -0.1) is 68.0 Å². The molecule has 8 heterocycles. The summed E-state index contributed by atoms with van der Waals surface area (Å²) >= 11 is 6.85. The van der Waals surface area contributed by atoms with Gasteiger partial charge in [0.25, 0.3) is 17.7 Å². The van der Waals surface area contributed by atoms with Gasteiger partial charge in [0.15, 0.2) is 0 Å². The summed E-state index contributed by atoms with van der Waals surface area (Å²) in [5.41, 5.74) is 2.16. The normalized spacial score (nSPS) is 18.7. The second-order valence-corrected chi connectivity index (χ2v) is 26.3. The Labute approximate surface area is 519 Å². The zero-order valence-electron chi connectivity index (χ0n) is 46.9. The third-order valence-electron chi connectivity index (χ3n) is 14.2. The number of carbonyl (C=O) groups excluding carboxylic acids is 6. The molecule has 8 aromatic rings. The van der Waals surface area contributed by atoms with Crippen molar-refractivity contribution in [2.24, 2.45) is 17.8 Å². The van der Waals surface area contributed by atoms with Gasteiger partial charge in [0, 0.05) is 52.0 Å². The second-order valence-electron chi connectivity index (χ2n) is 20.5. The van der Waals surface area contributed by atoms with Crippen LogP contribution in [0.1, 0.15) is 126 Å². The predicted octanol–water partition coefficient (Wildman–Crippen LogP) is 7.23. The molecule has 452 valence electrons. The molecule has 1 unspecified atom stereocenters. The number of methoxy groups -OCH3 is 1. The van der Waals surface area contributed by atoms with Crippen molar-refractivity contribution in [2.75, 3.05) is 32.1 Å². The van der Waals surface area contributed by atoms with Gasteiger partial charge in [-0.1, -0.05) is 44.2 Å². The largest absolute Gasteiger partial charge is 0.481 e. The summed E-state index contributed by atoms with van der Waals surface area (Å²) in [4.78, 5) is 143. The zero-order chi connectivity index (χ0) is 61.8. The van der Waals surface area contributed by atoms with E-state index in [0.717, 1.165) is 61.6 Å². The van der Waals surface area contributed by atoms with E-state index in [1.165, 1.54) is 36.3 Å². The molecule has 25 nitrogen and oxygen atoms in total. The summed E-state index contributed by atoms with van der Waals surface area (Å²) in [7, 11) is 2.91. The average molecular weight is 1290 g/mol. The van der Waals surface area contributed by atoms with Crippen LogP contribution >= 0.6 is 68.0 Å². The van der Waals surface area contributed by atoms with Crippen molar-refractivity contribution in [1.29, 1.82) is 0 Å². The Bertz CT molecular complexity index is 3930. The first-order chi connectivity index (χ1) is 41.8. The third-order valence-corrected chi connectivity index (χ3v) is 19.9. The lowest BCUT2D eigenvalue weighted by Gasteiger charge is -2.23. The number of aliphatic hydroxyl groups is 1. The highest BCUT2D eigenvalue weighted by atomic mass is 32.1. The van der Waals surface area contributed by atoms with Gasteiger partial charge in [-0.2, -0.15) is 0 Å². The first-order valence-corrected chi connectivity index (χ1v) is 32.1. The molecule has 31 heteroatoms. The Hall–Kier alpha value is -8.17. The summed E-state index contributed by atoms with van der Waals surface area (Å²) in [5.74, 6) is -7.59. The van der Waals surface area contributed by atoms with E-state index in [0.29, 0.717) is 63.0 Å². The quantitative estimate of drug-likeness (QED) is 0.0564. The third kappa shape index (κ3) is 13.8. The van der Waals surface area contributed by atoms with Crippen molar-refractivity contribution in [3.8, 4) is 43.4 Å². The van der Waals surface area contributed by atoms with Crippen molar-refractivity contribution in [2.45, 2.75) is 77.3 Å². The molecule has 0 saturated heterocycles. The van der Waals surface area contributed by atoms with Crippen LogP contribution in [-0.2, 0) is 35.3 Å². The Kier molecular flexibility index (Phi) is 19.1. The Morgan fingerprint density at radius 2 is 1.40 bits per heavy atom. The fraction of sp³-hybridized carbons (Fsp3) is 0.339. The van der Waals surface area contributed by atoms with E-state index in [9.17, 15) is 53.7 Å². The standard InChI is InChI=1S/C56H55N13O12S6/c1-24(2)40-54-68-43(35(87-54)19-81-5)47(76)58-17-38(71)65-44(45(74)26-9-7-6-8-10-26)53-63-34(22-84-53)51-61-32(20-83-51)42-29(49-62-33(21-82-49)46(75)60-31(16-37(70)57-4)52-67-41(25(3)86-52)48(77)66-40)13-14-30(59-42)50-64-36(23-85-50)69(18-39(72)73)55(78)27-11-12-28(15-27)56(79)80/h6-10,13-14,20-24,27-28,31,40,44-45,74H,11-12,15-19H2,1-5H3,(H,57,70)(H,58,76)(H,60,75)(H,65,71)(H,66,77)(H,72,73)(H,79,80)/t27-,28-,31-,40?,44-,45-/m0/s1. The monoisotopic (exact) mass is 1290 g/mol. The van der Waals surface area contributed by atoms with Gasteiger partial charge in [0.1, 0.15) is 88.7 Å². The van der Waals surface area contributed by atoms with E-state index < -0.39 is 96.5 Å². The molecule has 7 aromatic heterocycles. The molecule has 10 bridgehead atoms. The SMILES string of the molecule is CNC(=O)C[C@@H]1NC(=O)c2csc(n2)-c2ccc(-c3nc(N(CC(=O)O)C(=O)[C@H]4CC[C@H](C(=O)O)C4)cs3)nc2-c2csc(n2)-c2csc(n2)[C@H]([C@@H](O)c2ccccc2)NC(=O)CNC(=O)c2nc(sc2COC)C(C(C)C)NC(=O)c2nc1sc2C. The Balaban J connectivity index is 1.05. The number of nitrogens with zero attached hydrogens (tertiary/aromatic N) is 8. The molecule has 1 saturated carbocycles. The number of hydrogen-bond acceptors (Lipinski definition) is 23.